The Morgan fingerprint density at radius 1 is 1.21 bits per heavy atom. The summed E-state index contributed by atoms with van der Waals surface area (Å²) in [5, 5.41) is 3.79. The lowest BCUT2D eigenvalue weighted by Gasteiger charge is -2.20. The number of aryl methyl sites for hydroxylation is 1. The first kappa shape index (κ1) is 13.1. The zero-order valence-electron chi connectivity index (χ0n) is 11.9. The standard InChI is InChI=1S/C17H25NO/c1-13-2-4-15(5-3-13)17(16-6-7-16)18-10-8-14-9-11-19-12-14/h2-5,14,16-18H,6-12H2,1H3. The van der Waals surface area contributed by atoms with Gasteiger partial charge in [-0.1, -0.05) is 29.8 Å². The molecule has 0 bridgehead atoms. The molecule has 2 fully saturated rings. The molecule has 1 N–H and O–H groups in total. The van der Waals surface area contributed by atoms with Crippen LogP contribution in [0.5, 0.6) is 0 Å². The quantitative estimate of drug-likeness (QED) is 0.844. The van der Waals surface area contributed by atoms with Crippen molar-refractivity contribution in [3.63, 3.8) is 0 Å². The van der Waals surface area contributed by atoms with E-state index in [-0.39, 0.29) is 0 Å². The summed E-state index contributed by atoms with van der Waals surface area (Å²) in [7, 11) is 0. The van der Waals surface area contributed by atoms with Crippen LogP contribution in [0.3, 0.4) is 0 Å². The van der Waals surface area contributed by atoms with Crippen LogP contribution < -0.4 is 5.32 Å². The van der Waals surface area contributed by atoms with Gasteiger partial charge in [0.2, 0.25) is 0 Å². The van der Waals surface area contributed by atoms with Crippen molar-refractivity contribution in [2.45, 2.75) is 38.6 Å². The number of benzene rings is 1. The molecule has 19 heavy (non-hydrogen) atoms. The Morgan fingerprint density at radius 2 is 2.00 bits per heavy atom. The first-order valence-electron chi connectivity index (χ1n) is 7.70. The molecule has 3 rings (SSSR count). The van der Waals surface area contributed by atoms with Gasteiger partial charge in [-0.15, -0.1) is 0 Å². The summed E-state index contributed by atoms with van der Waals surface area (Å²) in [6, 6.07) is 9.63. The highest BCUT2D eigenvalue weighted by Crippen LogP contribution is 2.41. The Morgan fingerprint density at radius 3 is 2.63 bits per heavy atom. The first-order valence-corrected chi connectivity index (χ1v) is 7.70. The van der Waals surface area contributed by atoms with E-state index < -0.39 is 0 Å². The van der Waals surface area contributed by atoms with Crippen molar-refractivity contribution >= 4 is 0 Å². The average Bonchev–Trinajstić information content (AvgIpc) is 3.13. The number of hydrogen-bond acceptors (Lipinski definition) is 2. The van der Waals surface area contributed by atoms with E-state index >= 15 is 0 Å². The second-order valence-electron chi connectivity index (χ2n) is 6.20. The Bertz CT molecular complexity index is 390. The average molecular weight is 259 g/mol. The topological polar surface area (TPSA) is 21.3 Å². The van der Waals surface area contributed by atoms with Crippen LogP contribution in [0.15, 0.2) is 24.3 Å². The molecule has 1 saturated carbocycles. The van der Waals surface area contributed by atoms with Crippen LogP contribution in [-0.4, -0.2) is 19.8 Å². The van der Waals surface area contributed by atoms with Gasteiger partial charge in [-0.2, -0.15) is 0 Å². The molecule has 2 nitrogen and oxygen atoms in total. The predicted octanol–water partition coefficient (Wildman–Crippen LogP) is 3.46. The minimum Gasteiger partial charge on any atom is -0.381 e. The van der Waals surface area contributed by atoms with E-state index in [1.54, 1.807) is 0 Å². The molecule has 1 heterocycles. The zero-order valence-corrected chi connectivity index (χ0v) is 11.9. The molecular formula is C17H25NO. The summed E-state index contributed by atoms with van der Waals surface area (Å²) in [4.78, 5) is 0. The Kier molecular flexibility index (Phi) is 4.19. The van der Waals surface area contributed by atoms with Gasteiger partial charge in [-0.3, -0.25) is 0 Å². The summed E-state index contributed by atoms with van der Waals surface area (Å²) in [6.07, 6.45) is 5.28. The van der Waals surface area contributed by atoms with E-state index in [9.17, 15) is 0 Å². The van der Waals surface area contributed by atoms with Gasteiger partial charge in [0.05, 0.1) is 0 Å². The van der Waals surface area contributed by atoms with E-state index in [0.29, 0.717) is 6.04 Å². The number of rotatable bonds is 6. The van der Waals surface area contributed by atoms with E-state index in [4.69, 9.17) is 4.74 Å². The Hall–Kier alpha value is -0.860. The number of ether oxygens (including phenoxy) is 1. The normalized spacial score (nSPS) is 24.6. The summed E-state index contributed by atoms with van der Waals surface area (Å²) in [6.45, 7) is 5.22. The predicted molar refractivity (Wildman–Crippen MR) is 78.2 cm³/mol. The lowest BCUT2D eigenvalue weighted by Crippen LogP contribution is -2.25. The smallest absolute Gasteiger partial charge is 0.0495 e. The second-order valence-corrected chi connectivity index (χ2v) is 6.20. The molecule has 2 atom stereocenters. The van der Waals surface area contributed by atoms with Gasteiger partial charge in [0.25, 0.3) is 0 Å². The molecule has 2 aliphatic rings. The van der Waals surface area contributed by atoms with Crippen molar-refractivity contribution in [3.05, 3.63) is 35.4 Å². The molecule has 1 saturated heterocycles. The Labute approximate surface area is 116 Å². The van der Waals surface area contributed by atoms with Crippen LogP contribution in [0.1, 0.15) is 42.9 Å². The summed E-state index contributed by atoms with van der Waals surface area (Å²) in [5.74, 6) is 1.65. The molecule has 0 aromatic heterocycles. The number of nitrogens with one attached hydrogen (secondary N) is 1. The third-order valence-corrected chi connectivity index (χ3v) is 4.47. The second kappa shape index (κ2) is 6.06. The van der Waals surface area contributed by atoms with E-state index in [2.05, 4.69) is 36.5 Å². The van der Waals surface area contributed by atoms with Crippen molar-refractivity contribution < 1.29 is 4.74 Å². The molecule has 1 aromatic carbocycles. The third-order valence-electron chi connectivity index (χ3n) is 4.47. The lowest BCUT2D eigenvalue weighted by atomic mass is 10.00. The lowest BCUT2D eigenvalue weighted by molar-refractivity contribution is 0.184. The molecule has 1 aromatic rings. The van der Waals surface area contributed by atoms with Gasteiger partial charge in [-0.25, -0.2) is 0 Å². The third kappa shape index (κ3) is 3.58. The molecule has 0 amide bonds. The van der Waals surface area contributed by atoms with Crippen LogP contribution >= 0.6 is 0 Å². The molecule has 0 spiro atoms. The van der Waals surface area contributed by atoms with E-state index in [0.717, 1.165) is 31.6 Å². The zero-order chi connectivity index (χ0) is 13.1. The van der Waals surface area contributed by atoms with Gasteiger partial charge in [0.1, 0.15) is 0 Å². The van der Waals surface area contributed by atoms with Crippen LogP contribution in [0.4, 0.5) is 0 Å². The van der Waals surface area contributed by atoms with Gasteiger partial charge in [-0.05, 0) is 56.6 Å². The fourth-order valence-electron chi connectivity index (χ4n) is 3.01. The van der Waals surface area contributed by atoms with Crippen LogP contribution in [0.2, 0.25) is 0 Å². The maximum Gasteiger partial charge on any atom is 0.0495 e. The molecule has 2 heteroatoms. The summed E-state index contributed by atoms with van der Waals surface area (Å²) < 4.78 is 5.44. The maximum atomic E-state index is 5.44. The van der Waals surface area contributed by atoms with Crippen LogP contribution in [-0.2, 0) is 4.74 Å². The highest BCUT2D eigenvalue weighted by atomic mass is 16.5. The first-order chi connectivity index (χ1) is 9.33. The molecule has 2 unspecified atom stereocenters. The van der Waals surface area contributed by atoms with Gasteiger partial charge >= 0.3 is 0 Å². The van der Waals surface area contributed by atoms with Gasteiger partial charge < -0.3 is 10.1 Å². The monoisotopic (exact) mass is 259 g/mol. The Balaban J connectivity index is 1.53. The van der Waals surface area contributed by atoms with Crippen LogP contribution in [0, 0.1) is 18.8 Å². The fraction of sp³-hybridized carbons (Fsp3) is 0.647. The SMILES string of the molecule is Cc1ccc(C(NCCC2CCOC2)C2CC2)cc1. The summed E-state index contributed by atoms with van der Waals surface area (Å²) in [5.41, 5.74) is 2.82. The number of hydrogen-bond donors (Lipinski definition) is 1. The van der Waals surface area contributed by atoms with Crippen molar-refractivity contribution in [1.29, 1.82) is 0 Å². The fourth-order valence-corrected chi connectivity index (χ4v) is 3.01. The minimum absolute atomic E-state index is 0.572. The molecule has 104 valence electrons. The molecule has 0 radical (unpaired) electrons. The highest BCUT2D eigenvalue weighted by Gasteiger charge is 2.31. The maximum absolute atomic E-state index is 5.44. The van der Waals surface area contributed by atoms with Gasteiger partial charge in [0, 0.05) is 19.3 Å². The van der Waals surface area contributed by atoms with Crippen LogP contribution in [0.25, 0.3) is 0 Å². The highest BCUT2D eigenvalue weighted by molar-refractivity contribution is 5.25. The molecular weight excluding hydrogens is 234 g/mol. The minimum atomic E-state index is 0.572. The van der Waals surface area contributed by atoms with Crippen molar-refractivity contribution in [3.8, 4) is 0 Å². The molecule has 1 aliphatic carbocycles. The van der Waals surface area contributed by atoms with Crippen molar-refractivity contribution in [2.24, 2.45) is 11.8 Å². The van der Waals surface area contributed by atoms with Crippen molar-refractivity contribution in [1.82, 2.24) is 5.32 Å². The van der Waals surface area contributed by atoms with Crippen molar-refractivity contribution in [2.75, 3.05) is 19.8 Å². The van der Waals surface area contributed by atoms with E-state index in [1.165, 1.54) is 36.8 Å². The van der Waals surface area contributed by atoms with Gasteiger partial charge in [0.15, 0.2) is 0 Å². The summed E-state index contributed by atoms with van der Waals surface area (Å²) >= 11 is 0. The van der Waals surface area contributed by atoms with E-state index in [1.807, 2.05) is 0 Å². The largest absolute Gasteiger partial charge is 0.381 e. The molecule has 1 aliphatic heterocycles.